The van der Waals surface area contributed by atoms with Gasteiger partial charge < -0.3 is 25.7 Å². The maximum absolute atomic E-state index is 9.21. The highest BCUT2D eigenvalue weighted by Gasteiger charge is 2.21. The fourth-order valence-corrected chi connectivity index (χ4v) is 4.42. The Balaban J connectivity index is 1.34. The molecule has 1 aromatic rings. The lowest BCUT2D eigenvalue weighted by Crippen LogP contribution is -2.45. The zero-order chi connectivity index (χ0) is 21.3. The first kappa shape index (κ1) is 23.0. The molecule has 9 nitrogen and oxygen atoms in total. The molecule has 0 saturated carbocycles. The minimum Gasteiger partial charge on any atom is -0.494 e. The van der Waals surface area contributed by atoms with Gasteiger partial charge in [-0.1, -0.05) is 6.07 Å². The summed E-state index contributed by atoms with van der Waals surface area (Å²) in [5.41, 5.74) is 14.1. The van der Waals surface area contributed by atoms with E-state index >= 15 is 0 Å². The second kappa shape index (κ2) is 11.6. The van der Waals surface area contributed by atoms with E-state index in [0.717, 1.165) is 82.9 Å². The van der Waals surface area contributed by atoms with E-state index in [4.69, 9.17) is 22.0 Å². The molecule has 3 rings (SSSR count). The summed E-state index contributed by atoms with van der Waals surface area (Å²) in [6.07, 6.45) is 5.37. The standard InChI is InChI=1S/C20H35N7O2S/c21-8-12-27(23)24-20(22)25-9-5-16(6-10-25)2-1-13-29-19-4-3-18-15-26(30-28)11-7-17(18)14-19/h3-4,14,16,28H,1-2,5-13,15,21,23H2,(H2,22,24). The lowest BCUT2D eigenvalue weighted by molar-refractivity contribution is 0.225. The molecule has 2 heterocycles. The first-order valence-corrected chi connectivity index (χ1v) is 11.4. The molecule has 2 aliphatic heterocycles. The van der Waals surface area contributed by atoms with E-state index in [1.807, 2.05) is 10.4 Å². The van der Waals surface area contributed by atoms with Gasteiger partial charge in [-0.25, -0.2) is 15.3 Å². The minimum atomic E-state index is 0.449. The van der Waals surface area contributed by atoms with Gasteiger partial charge in [-0.2, -0.15) is 0 Å². The van der Waals surface area contributed by atoms with Gasteiger partial charge >= 0.3 is 0 Å². The van der Waals surface area contributed by atoms with E-state index in [1.165, 1.54) is 16.2 Å². The van der Waals surface area contributed by atoms with Crippen LogP contribution in [0.15, 0.2) is 23.3 Å². The first-order valence-electron chi connectivity index (χ1n) is 10.7. The molecular formula is C20H35N7O2S. The highest BCUT2D eigenvalue weighted by molar-refractivity contribution is 7.91. The Hall–Kier alpha value is -1.72. The highest BCUT2D eigenvalue weighted by Crippen LogP contribution is 2.27. The highest BCUT2D eigenvalue weighted by atomic mass is 32.2. The van der Waals surface area contributed by atoms with Crippen molar-refractivity contribution in [2.24, 2.45) is 28.3 Å². The quantitative estimate of drug-likeness (QED) is 0.0861. The zero-order valence-electron chi connectivity index (χ0n) is 17.6. The number of hydrogen-bond donors (Lipinski definition) is 4. The van der Waals surface area contributed by atoms with Crippen LogP contribution < -0.4 is 22.0 Å². The second-order valence-electron chi connectivity index (χ2n) is 7.96. The summed E-state index contributed by atoms with van der Waals surface area (Å²) >= 11 is 0.823. The van der Waals surface area contributed by atoms with Crippen molar-refractivity contribution in [3.63, 3.8) is 0 Å². The van der Waals surface area contributed by atoms with Gasteiger partial charge in [0.05, 0.1) is 25.4 Å². The number of hydrogen-bond acceptors (Lipinski definition) is 8. The number of rotatable bonds is 9. The number of guanidine groups is 1. The van der Waals surface area contributed by atoms with E-state index in [-0.39, 0.29) is 0 Å². The fourth-order valence-electron chi connectivity index (χ4n) is 4.05. The summed E-state index contributed by atoms with van der Waals surface area (Å²) in [5, 5.41) is 5.49. The lowest BCUT2D eigenvalue weighted by Gasteiger charge is -2.33. The van der Waals surface area contributed by atoms with Crippen molar-refractivity contribution in [3.05, 3.63) is 29.3 Å². The maximum Gasteiger partial charge on any atom is 0.215 e. The predicted molar refractivity (Wildman–Crippen MR) is 121 cm³/mol. The molecule has 0 aromatic heterocycles. The largest absolute Gasteiger partial charge is 0.494 e. The van der Waals surface area contributed by atoms with E-state index in [1.54, 1.807) is 0 Å². The van der Waals surface area contributed by atoms with Crippen molar-refractivity contribution in [1.82, 2.24) is 14.3 Å². The summed E-state index contributed by atoms with van der Waals surface area (Å²) in [7, 11) is 0. The number of piperidine rings is 1. The third kappa shape index (κ3) is 6.64. The van der Waals surface area contributed by atoms with E-state index in [9.17, 15) is 4.55 Å². The van der Waals surface area contributed by atoms with Gasteiger partial charge in [-0.15, -0.1) is 5.10 Å². The van der Waals surface area contributed by atoms with Crippen LogP contribution in [0.5, 0.6) is 5.75 Å². The molecule has 10 heteroatoms. The van der Waals surface area contributed by atoms with Crippen LogP contribution in [0.1, 0.15) is 36.8 Å². The molecule has 0 amide bonds. The Morgan fingerprint density at radius 1 is 1.27 bits per heavy atom. The van der Waals surface area contributed by atoms with Crippen molar-refractivity contribution in [3.8, 4) is 5.75 Å². The lowest BCUT2D eigenvalue weighted by atomic mass is 9.92. The van der Waals surface area contributed by atoms with Crippen molar-refractivity contribution >= 4 is 18.2 Å². The van der Waals surface area contributed by atoms with Gasteiger partial charge in [-0.05, 0) is 61.3 Å². The maximum atomic E-state index is 9.21. The molecular weight excluding hydrogens is 402 g/mol. The van der Waals surface area contributed by atoms with Crippen LogP contribution in [0.3, 0.4) is 0 Å². The third-order valence-corrected chi connectivity index (χ3v) is 6.37. The van der Waals surface area contributed by atoms with Crippen LogP contribution in [0.25, 0.3) is 0 Å². The topological polar surface area (TPSA) is 130 Å². The van der Waals surface area contributed by atoms with Gasteiger partial charge in [0.2, 0.25) is 5.96 Å². The average molecular weight is 438 g/mol. The smallest absolute Gasteiger partial charge is 0.215 e. The van der Waals surface area contributed by atoms with Crippen molar-refractivity contribution in [2.45, 2.75) is 38.6 Å². The third-order valence-electron chi connectivity index (χ3n) is 5.82. The van der Waals surface area contributed by atoms with Crippen LogP contribution in [-0.2, 0) is 13.0 Å². The molecule has 0 spiro atoms. The number of nitrogens with zero attached hydrogens (tertiary/aromatic N) is 4. The van der Waals surface area contributed by atoms with E-state index in [0.29, 0.717) is 25.0 Å². The second-order valence-corrected chi connectivity index (χ2v) is 8.64. The number of hydrazine groups is 1. The minimum absolute atomic E-state index is 0.449. The molecule has 1 fully saturated rings. The number of ether oxygens (including phenoxy) is 1. The molecule has 0 radical (unpaired) electrons. The van der Waals surface area contributed by atoms with Crippen LogP contribution >= 0.6 is 12.2 Å². The molecule has 30 heavy (non-hydrogen) atoms. The SMILES string of the molecule is NCCN(N)/N=C(\N)N1CCC(CCCOc2ccc3c(c2)CCN(SO)C3)CC1. The molecule has 168 valence electrons. The van der Waals surface area contributed by atoms with E-state index < -0.39 is 0 Å². The van der Waals surface area contributed by atoms with Gasteiger partial charge in [0, 0.05) is 32.7 Å². The Morgan fingerprint density at radius 3 is 2.80 bits per heavy atom. The van der Waals surface area contributed by atoms with Crippen molar-refractivity contribution in [2.75, 3.05) is 39.3 Å². The summed E-state index contributed by atoms with van der Waals surface area (Å²) in [4.78, 5) is 2.09. The number of hydrazone groups is 1. The summed E-state index contributed by atoms with van der Waals surface area (Å²) in [6, 6.07) is 6.31. The normalized spacial score (nSPS) is 18.4. The molecule has 2 aliphatic rings. The number of nitrogens with two attached hydrogens (primary N) is 3. The zero-order valence-corrected chi connectivity index (χ0v) is 18.4. The van der Waals surface area contributed by atoms with Gasteiger partial charge in [0.15, 0.2) is 0 Å². The van der Waals surface area contributed by atoms with E-state index in [2.05, 4.69) is 22.1 Å². The molecule has 0 aliphatic carbocycles. The number of likely N-dealkylation sites (tertiary alicyclic amines) is 1. The fraction of sp³-hybridized carbons (Fsp3) is 0.650. The molecule has 0 atom stereocenters. The summed E-state index contributed by atoms with van der Waals surface area (Å²) in [6.45, 7) is 5.13. The number of benzene rings is 1. The van der Waals surface area contributed by atoms with Crippen LogP contribution in [0.2, 0.25) is 0 Å². The monoisotopic (exact) mass is 437 g/mol. The summed E-state index contributed by atoms with van der Waals surface area (Å²) < 4.78 is 17.2. The molecule has 1 saturated heterocycles. The predicted octanol–water partition coefficient (Wildman–Crippen LogP) is 1.40. The van der Waals surface area contributed by atoms with Crippen molar-refractivity contribution in [1.29, 1.82) is 0 Å². The number of fused-ring (bicyclic) bond motifs is 1. The molecule has 0 bridgehead atoms. The van der Waals surface area contributed by atoms with Crippen LogP contribution in [-0.4, -0.2) is 64.2 Å². The Labute approximate surface area is 183 Å². The Morgan fingerprint density at radius 2 is 2.07 bits per heavy atom. The van der Waals surface area contributed by atoms with Gasteiger partial charge in [-0.3, -0.25) is 0 Å². The Bertz CT molecular complexity index is 698. The van der Waals surface area contributed by atoms with Crippen LogP contribution in [0.4, 0.5) is 0 Å². The first-order chi connectivity index (χ1) is 14.6. The average Bonchev–Trinajstić information content (AvgIpc) is 2.76. The van der Waals surface area contributed by atoms with Crippen molar-refractivity contribution < 1.29 is 9.29 Å². The van der Waals surface area contributed by atoms with Gasteiger partial charge in [0.1, 0.15) is 5.75 Å². The molecule has 7 N–H and O–H groups in total. The summed E-state index contributed by atoms with van der Waals surface area (Å²) in [5.74, 6) is 7.84. The van der Waals surface area contributed by atoms with Crippen LogP contribution in [0, 0.1) is 5.92 Å². The molecule has 1 aromatic carbocycles. The van der Waals surface area contributed by atoms with Gasteiger partial charge in [0.25, 0.3) is 0 Å². The molecule has 0 unspecified atom stereocenters. The Kier molecular flexibility index (Phi) is 8.88.